The topological polar surface area (TPSA) is 37.4 Å². The van der Waals surface area contributed by atoms with Crippen LogP contribution >= 0.6 is 15.9 Å². The van der Waals surface area contributed by atoms with Crippen molar-refractivity contribution >= 4 is 21.6 Å². The number of aromatic nitrogens is 1. The summed E-state index contributed by atoms with van der Waals surface area (Å²) in [6.07, 6.45) is 3.63. The quantitative estimate of drug-likeness (QED) is 0.865. The Kier molecular flexibility index (Phi) is 5.59. The molecule has 0 amide bonds. The molecule has 0 saturated heterocycles. The molecular weight excluding hydrogens is 330 g/mol. The largest absolute Gasteiger partial charge is 0.495 e. The van der Waals surface area contributed by atoms with Crippen LogP contribution in [-0.4, -0.2) is 31.1 Å². The van der Waals surface area contributed by atoms with Crippen molar-refractivity contribution in [1.82, 2.24) is 9.88 Å². The normalized spacial score (nSPS) is 10.7. The fourth-order valence-corrected chi connectivity index (χ4v) is 2.52. The monoisotopic (exact) mass is 349 g/mol. The number of nitrogens with zero attached hydrogens (tertiary/aromatic N) is 2. The maximum absolute atomic E-state index is 5.42. The molecule has 0 spiro atoms. The van der Waals surface area contributed by atoms with Gasteiger partial charge in [-0.1, -0.05) is 6.07 Å². The maximum Gasteiger partial charge on any atom is 0.141 e. The van der Waals surface area contributed by atoms with Gasteiger partial charge in [-0.15, -0.1) is 0 Å². The molecule has 0 bridgehead atoms. The average molecular weight is 350 g/mol. The molecule has 112 valence electrons. The molecule has 1 heterocycles. The summed E-state index contributed by atoms with van der Waals surface area (Å²) in [5.74, 6) is 0.848. The van der Waals surface area contributed by atoms with Gasteiger partial charge in [0.2, 0.25) is 0 Å². The third-order valence-corrected chi connectivity index (χ3v) is 3.44. The lowest BCUT2D eigenvalue weighted by Gasteiger charge is -2.15. The molecule has 0 aliphatic carbocycles. The molecule has 0 radical (unpaired) electrons. The third kappa shape index (κ3) is 4.72. The van der Waals surface area contributed by atoms with Crippen molar-refractivity contribution in [2.75, 3.05) is 26.5 Å². The van der Waals surface area contributed by atoms with Crippen LogP contribution < -0.4 is 10.1 Å². The predicted octanol–water partition coefficient (Wildman–Crippen LogP) is 3.53. The van der Waals surface area contributed by atoms with Gasteiger partial charge in [-0.3, -0.25) is 4.98 Å². The Morgan fingerprint density at radius 3 is 2.67 bits per heavy atom. The van der Waals surface area contributed by atoms with Crippen LogP contribution in [0.4, 0.5) is 5.69 Å². The van der Waals surface area contributed by atoms with Crippen LogP contribution in [0.25, 0.3) is 0 Å². The zero-order valence-electron chi connectivity index (χ0n) is 12.6. The smallest absolute Gasteiger partial charge is 0.141 e. The number of hydrogen-bond donors (Lipinski definition) is 1. The molecule has 1 aromatic heterocycles. The first kappa shape index (κ1) is 15.8. The Balaban J connectivity index is 2.13. The van der Waals surface area contributed by atoms with Gasteiger partial charge in [0, 0.05) is 30.0 Å². The van der Waals surface area contributed by atoms with E-state index >= 15 is 0 Å². The van der Waals surface area contributed by atoms with Crippen molar-refractivity contribution in [1.29, 1.82) is 0 Å². The SMILES string of the molecule is COc1ccc(CN(C)C)cc1NCc1cncc(Br)c1. The van der Waals surface area contributed by atoms with E-state index < -0.39 is 0 Å². The lowest BCUT2D eigenvalue weighted by atomic mass is 10.1. The second kappa shape index (κ2) is 7.43. The minimum atomic E-state index is 0.703. The summed E-state index contributed by atoms with van der Waals surface area (Å²) in [4.78, 5) is 6.31. The third-order valence-electron chi connectivity index (χ3n) is 3.01. The average Bonchev–Trinajstić information content (AvgIpc) is 2.45. The number of nitrogens with one attached hydrogen (secondary N) is 1. The molecule has 2 aromatic rings. The highest BCUT2D eigenvalue weighted by Crippen LogP contribution is 2.26. The van der Waals surface area contributed by atoms with Crippen LogP contribution in [-0.2, 0) is 13.1 Å². The van der Waals surface area contributed by atoms with Crippen molar-refractivity contribution in [2.24, 2.45) is 0 Å². The number of benzene rings is 1. The number of rotatable bonds is 6. The lowest BCUT2D eigenvalue weighted by molar-refractivity contribution is 0.400. The molecular formula is C16H20BrN3O. The molecule has 0 unspecified atom stereocenters. The van der Waals surface area contributed by atoms with Gasteiger partial charge in [0.25, 0.3) is 0 Å². The lowest BCUT2D eigenvalue weighted by Crippen LogP contribution is -2.11. The van der Waals surface area contributed by atoms with E-state index in [1.54, 1.807) is 13.3 Å². The van der Waals surface area contributed by atoms with E-state index in [4.69, 9.17) is 4.74 Å². The van der Waals surface area contributed by atoms with Gasteiger partial charge in [0.1, 0.15) is 5.75 Å². The summed E-state index contributed by atoms with van der Waals surface area (Å²) >= 11 is 3.43. The van der Waals surface area contributed by atoms with Crippen molar-refractivity contribution in [2.45, 2.75) is 13.1 Å². The number of halogens is 1. The zero-order valence-corrected chi connectivity index (χ0v) is 14.1. The number of ether oxygens (including phenoxy) is 1. The first-order valence-electron chi connectivity index (χ1n) is 6.73. The summed E-state index contributed by atoms with van der Waals surface area (Å²) < 4.78 is 6.40. The highest BCUT2D eigenvalue weighted by atomic mass is 79.9. The molecule has 4 nitrogen and oxygen atoms in total. The Hall–Kier alpha value is -1.59. The van der Waals surface area contributed by atoms with Crippen LogP contribution in [0.2, 0.25) is 0 Å². The predicted molar refractivity (Wildman–Crippen MR) is 89.6 cm³/mol. The second-order valence-electron chi connectivity index (χ2n) is 5.14. The summed E-state index contributed by atoms with van der Waals surface area (Å²) in [5.41, 5.74) is 3.36. The van der Waals surface area contributed by atoms with E-state index in [9.17, 15) is 0 Å². The summed E-state index contributed by atoms with van der Waals surface area (Å²) in [7, 11) is 5.81. The van der Waals surface area contributed by atoms with E-state index in [0.29, 0.717) is 6.54 Å². The molecule has 0 atom stereocenters. The Labute approximate surface area is 134 Å². The molecule has 1 aromatic carbocycles. The van der Waals surface area contributed by atoms with Gasteiger partial charge in [0.15, 0.2) is 0 Å². The summed E-state index contributed by atoms with van der Waals surface area (Å²) in [6.45, 7) is 1.60. The number of methoxy groups -OCH3 is 1. The molecule has 0 fully saturated rings. The molecule has 21 heavy (non-hydrogen) atoms. The van der Waals surface area contributed by atoms with E-state index in [1.807, 2.05) is 12.3 Å². The van der Waals surface area contributed by atoms with Crippen molar-refractivity contribution in [3.05, 3.63) is 52.3 Å². The minimum Gasteiger partial charge on any atom is -0.495 e. The maximum atomic E-state index is 5.42. The van der Waals surface area contributed by atoms with Crippen LogP contribution in [0, 0.1) is 0 Å². The Morgan fingerprint density at radius 1 is 1.19 bits per heavy atom. The Bertz CT molecular complexity index is 602. The number of anilines is 1. The van der Waals surface area contributed by atoms with Gasteiger partial charge in [-0.25, -0.2) is 0 Å². The summed E-state index contributed by atoms with van der Waals surface area (Å²) in [5, 5.41) is 3.42. The van der Waals surface area contributed by atoms with Crippen LogP contribution in [0.3, 0.4) is 0 Å². The van der Waals surface area contributed by atoms with Crippen molar-refractivity contribution in [3.8, 4) is 5.75 Å². The van der Waals surface area contributed by atoms with Crippen LogP contribution in [0.5, 0.6) is 5.75 Å². The highest BCUT2D eigenvalue weighted by molar-refractivity contribution is 9.10. The molecule has 0 aliphatic heterocycles. The van der Waals surface area contributed by atoms with Crippen LogP contribution in [0.1, 0.15) is 11.1 Å². The van der Waals surface area contributed by atoms with Gasteiger partial charge in [-0.05, 0) is 59.4 Å². The van der Waals surface area contributed by atoms with E-state index in [1.165, 1.54) is 5.56 Å². The molecule has 0 saturated carbocycles. The first-order chi connectivity index (χ1) is 10.1. The van der Waals surface area contributed by atoms with Gasteiger partial charge >= 0.3 is 0 Å². The molecule has 1 N–H and O–H groups in total. The number of hydrogen-bond acceptors (Lipinski definition) is 4. The minimum absolute atomic E-state index is 0.703. The first-order valence-corrected chi connectivity index (χ1v) is 7.52. The van der Waals surface area contributed by atoms with Gasteiger partial charge in [-0.2, -0.15) is 0 Å². The second-order valence-corrected chi connectivity index (χ2v) is 6.05. The van der Waals surface area contributed by atoms with E-state index in [2.05, 4.69) is 63.4 Å². The summed E-state index contributed by atoms with van der Waals surface area (Å²) in [6, 6.07) is 8.27. The Morgan fingerprint density at radius 2 is 2.00 bits per heavy atom. The van der Waals surface area contributed by atoms with Gasteiger partial charge in [0.05, 0.1) is 12.8 Å². The number of pyridine rings is 1. The fraction of sp³-hybridized carbons (Fsp3) is 0.312. The molecule has 5 heteroatoms. The van der Waals surface area contributed by atoms with Crippen molar-refractivity contribution < 1.29 is 4.74 Å². The molecule has 0 aliphatic rings. The van der Waals surface area contributed by atoms with E-state index in [-0.39, 0.29) is 0 Å². The fourth-order valence-electron chi connectivity index (χ4n) is 2.11. The zero-order chi connectivity index (χ0) is 15.2. The standard InChI is InChI=1S/C16H20BrN3O/c1-20(2)11-12-4-5-16(21-3)15(7-12)19-9-13-6-14(17)10-18-8-13/h4-8,10,19H,9,11H2,1-3H3. The van der Waals surface area contributed by atoms with Crippen molar-refractivity contribution in [3.63, 3.8) is 0 Å². The van der Waals surface area contributed by atoms with Gasteiger partial charge < -0.3 is 15.0 Å². The van der Waals surface area contributed by atoms with Crippen LogP contribution in [0.15, 0.2) is 41.1 Å². The highest BCUT2D eigenvalue weighted by Gasteiger charge is 2.05. The van der Waals surface area contributed by atoms with E-state index in [0.717, 1.165) is 28.0 Å². The molecule has 2 rings (SSSR count).